The maximum absolute atomic E-state index is 12.4. The van der Waals surface area contributed by atoms with Crippen molar-refractivity contribution in [3.05, 3.63) is 17.0 Å². The Bertz CT molecular complexity index is 594. The van der Waals surface area contributed by atoms with Gasteiger partial charge in [-0.05, 0) is 30.9 Å². The smallest absolute Gasteiger partial charge is 0.308 e. The second-order valence-corrected chi connectivity index (χ2v) is 8.74. The molecule has 1 aliphatic carbocycles. The SMILES string of the molecule is CC1CCCCCC1NS(=O)(=O)c1ccc(CC(=O)O)s1. The van der Waals surface area contributed by atoms with Gasteiger partial charge in [0.1, 0.15) is 4.21 Å². The standard InChI is InChI=1S/C14H21NO4S2/c1-10-5-3-2-4-6-12(10)15-21(18,19)14-8-7-11(20-14)9-13(16)17/h7-8,10,12,15H,2-6,9H2,1H3,(H,16,17). The zero-order chi connectivity index (χ0) is 15.5. The first kappa shape index (κ1) is 16.5. The van der Waals surface area contributed by atoms with Crippen LogP contribution in [0.5, 0.6) is 0 Å². The van der Waals surface area contributed by atoms with Crippen molar-refractivity contribution in [1.29, 1.82) is 0 Å². The lowest BCUT2D eigenvalue weighted by Crippen LogP contribution is -2.38. The normalized spacial score (nSPS) is 23.7. The number of aliphatic carboxylic acids is 1. The van der Waals surface area contributed by atoms with Gasteiger partial charge in [-0.25, -0.2) is 13.1 Å². The summed E-state index contributed by atoms with van der Waals surface area (Å²) in [4.78, 5) is 11.2. The highest BCUT2D eigenvalue weighted by Gasteiger charge is 2.26. The number of nitrogens with one attached hydrogen (secondary N) is 1. The third-order valence-corrected chi connectivity index (χ3v) is 6.96. The van der Waals surface area contributed by atoms with Crippen LogP contribution in [0.15, 0.2) is 16.3 Å². The molecule has 2 rings (SSSR count). The fraction of sp³-hybridized carbons (Fsp3) is 0.643. The van der Waals surface area contributed by atoms with Crippen molar-refractivity contribution >= 4 is 27.3 Å². The molecule has 0 amide bonds. The Morgan fingerprint density at radius 2 is 2.05 bits per heavy atom. The van der Waals surface area contributed by atoms with Crippen LogP contribution in [0.3, 0.4) is 0 Å². The lowest BCUT2D eigenvalue weighted by Gasteiger charge is -2.22. The van der Waals surface area contributed by atoms with Crippen LogP contribution >= 0.6 is 11.3 Å². The number of hydrogen-bond donors (Lipinski definition) is 2. The molecule has 1 fully saturated rings. The molecule has 5 nitrogen and oxygen atoms in total. The zero-order valence-electron chi connectivity index (χ0n) is 12.0. The minimum absolute atomic E-state index is 0.0254. The number of carbonyl (C=O) groups is 1. The molecule has 1 saturated carbocycles. The van der Waals surface area contributed by atoms with Gasteiger partial charge in [-0.15, -0.1) is 11.3 Å². The van der Waals surface area contributed by atoms with Crippen LogP contribution in [0.25, 0.3) is 0 Å². The molecular weight excluding hydrogens is 310 g/mol. The number of hydrogen-bond acceptors (Lipinski definition) is 4. The molecular formula is C14H21NO4S2. The van der Waals surface area contributed by atoms with Gasteiger partial charge in [0.05, 0.1) is 6.42 Å². The van der Waals surface area contributed by atoms with Crippen LogP contribution in [0.1, 0.15) is 43.9 Å². The number of carboxylic acid groups (broad SMARTS) is 1. The Labute approximate surface area is 129 Å². The molecule has 2 atom stereocenters. The molecule has 1 heterocycles. The molecule has 1 aromatic heterocycles. The topological polar surface area (TPSA) is 83.5 Å². The number of rotatable bonds is 5. The van der Waals surface area contributed by atoms with Crippen molar-refractivity contribution in [2.45, 2.75) is 55.7 Å². The van der Waals surface area contributed by atoms with Crippen LogP contribution in [-0.2, 0) is 21.2 Å². The molecule has 1 aliphatic rings. The van der Waals surface area contributed by atoms with Crippen molar-refractivity contribution in [3.8, 4) is 0 Å². The highest BCUT2D eigenvalue weighted by molar-refractivity contribution is 7.91. The zero-order valence-corrected chi connectivity index (χ0v) is 13.7. The van der Waals surface area contributed by atoms with Crippen molar-refractivity contribution in [2.75, 3.05) is 0 Å². The molecule has 1 aromatic rings. The first-order valence-corrected chi connectivity index (χ1v) is 9.51. The summed E-state index contributed by atoms with van der Waals surface area (Å²) >= 11 is 1.03. The van der Waals surface area contributed by atoms with Gasteiger partial charge >= 0.3 is 5.97 Å². The third-order valence-electron chi connectivity index (χ3n) is 3.90. The largest absolute Gasteiger partial charge is 0.481 e. The monoisotopic (exact) mass is 331 g/mol. The van der Waals surface area contributed by atoms with E-state index in [2.05, 4.69) is 11.6 Å². The van der Waals surface area contributed by atoms with Crippen LogP contribution in [0.4, 0.5) is 0 Å². The fourth-order valence-corrected chi connectivity index (χ4v) is 5.41. The van der Waals surface area contributed by atoms with E-state index in [1.165, 1.54) is 6.07 Å². The molecule has 0 saturated heterocycles. The minimum atomic E-state index is -3.55. The summed E-state index contributed by atoms with van der Waals surface area (Å²) in [6.45, 7) is 2.09. The summed E-state index contributed by atoms with van der Waals surface area (Å²) in [5, 5.41) is 8.75. The molecule has 2 N–H and O–H groups in total. The molecule has 2 unspecified atom stereocenters. The molecule has 0 radical (unpaired) electrons. The molecule has 21 heavy (non-hydrogen) atoms. The Morgan fingerprint density at radius 1 is 1.33 bits per heavy atom. The molecule has 0 aromatic carbocycles. The minimum Gasteiger partial charge on any atom is -0.481 e. The van der Waals surface area contributed by atoms with E-state index >= 15 is 0 Å². The highest BCUT2D eigenvalue weighted by Crippen LogP contribution is 2.27. The van der Waals surface area contributed by atoms with Gasteiger partial charge in [-0.3, -0.25) is 4.79 Å². The molecule has 0 bridgehead atoms. The van der Waals surface area contributed by atoms with E-state index < -0.39 is 16.0 Å². The van der Waals surface area contributed by atoms with E-state index in [-0.39, 0.29) is 16.7 Å². The third kappa shape index (κ3) is 4.52. The Kier molecular flexibility index (Phi) is 5.40. The van der Waals surface area contributed by atoms with E-state index in [4.69, 9.17) is 5.11 Å². The Balaban J connectivity index is 2.10. The molecule has 118 valence electrons. The van der Waals surface area contributed by atoms with E-state index in [0.29, 0.717) is 10.8 Å². The lowest BCUT2D eigenvalue weighted by molar-refractivity contribution is -0.136. The van der Waals surface area contributed by atoms with E-state index in [1.807, 2.05) is 0 Å². The van der Waals surface area contributed by atoms with E-state index in [0.717, 1.165) is 43.4 Å². The summed E-state index contributed by atoms with van der Waals surface area (Å²) in [7, 11) is -3.55. The van der Waals surface area contributed by atoms with Crippen LogP contribution in [-0.4, -0.2) is 25.5 Å². The quantitative estimate of drug-likeness (QED) is 0.812. The van der Waals surface area contributed by atoms with Gasteiger partial charge in [0.15, 0.2) is 0 Å². The number of thiophene rings is 1. The Hall–Kier alpha value is -0.920. The summed E-state index contributed by atoms with van der Waals surface area (Å²) in [6, 6.07) is 3.04. The van der Waals surface area contributed by atoms with Crippen molar-refractivity contribution in [2.24, 2.45) is 5.92 Å². The van der Waals surface area contributed by atoms with Gasteiger partial charge < -0.3 is 5.11 Å². The van der Waals surface area contributed by atoms with Crippen molar-refractivity contribution in [3.63, 3.8) is 0 Å². The summed E-state index contributed by atoms with van der Waals surface area (Å²) in [5.41, 5.74) is 0. The van der Waals surface area contributed by atoms with Gasteiger partial charge in [0.2, 0.25) is 10.0 Å². The van der Waals surface area contributed by atoms with Gasteiger partial charge in [-0.1, -0.05) is 26.2 Å². The Morgan fingerprint density at radius 3 is 2.76 bits per heavy atom. The molecule has 0 aliphatic heterocycles. The average Bonchev–Trinajstić information content (AvgIpc) is 2.76. The van der Waals surface area contributed by atoms with Gasteiger partial charge in [-0.2, -0.15) is 0 Å². The summed E-state index contributed by atoms with van der Waals surface area (Å²) in [5.74, 6) is -0.619. The second kappa shape index (κ2) is 6.89. The predicted molar refractivity (Wildman–Crippen MR) is 82.0 cm³/mol. The average molecular weight is 331 g/mol. The maximum Gasteiger partial charge on any atom is 0.308 e. The first-order valence-electron chi connectivity index (χ1n) is 7.21. The highest BCUT2D eigenvalue weighted by atomic mass is 32.2. The number of sulfonamides is 1. The van der Waals surface area contributed by atoms with Crippen LogP contribution in [0, 0.1) is 5.92 Å². The van der Waals surface area contributed by atoms with E-state index in [9.17, 15) is 13.2 Å². The van der Waals surface area contributed by atoms with Crippen molar-refractivity contribution < 1.29 is 18.3 Å². The molecule has 0 spiro atoms. The first-order chi connectivity index (χ1) is 9.88. The predicted octanol–water partition coefficient (Wildman–Crippen LogP) is 2.62. The second-order valence-electron chi connectivity index (χ2n) is 5.63. The maximum atomic E-state index is 12.4. The van der Waals surface area contributed by atoms with Crippen molar-refractivity contribution in [1.82, 2.24) is 4.72 Å². The van der Waals surface area contributed by atoms with Gasteiger partial charge in [0.25, 0.3) is 0 Å². The van der Waals surface area contributed by atoms with Gasteiger partial charge in [0, 0.05) is 10.9 Å². The van der Waals surface area contributed by atoms with Crippen LogP contribution < -0.4 is 4.72 Å². The summed E-state index contributed by atoms with van der Waals surface area (Å²) in [6.07, 6.45) is 5.13. The van der Waals surface area contributed by atoms with Crippen LogP contribution in [0.2, 0.25) is 0 Å². The lowest BCUT2D eigenvalue weighted by atomic mass is 9.98. The number of carboxylic acids is 1. The molecule has 7 heteroatoms. The summed E-state index contributed by atoms with van der Waals surface area (Å²) < 4.78 is 27.8. The fourth-order valence-electron chi connectivity index (χ4n) is 2.67. The van der Waals surface area contributed by atoms with E-state index in [1.54, 1.807) is 6.07 Å².